The molecular formula is C14H16O2. The topological polar surface area (TPSA) is 26.3 Å². The van der Waals surface area contributed by atoms with E-state index in [1.165, 1.54) is 5.57 Å². The van der Waals surface area contributed by atoms with Crippen molar-refractivity contribution in [2.75, 3.05) is 7.11 Å². The van der Waals surface area contributed by atoms with Crippen LogP contribution in [0.15, 0.2) is 11.6 Å². The summed E-state index contributed by atoms with van der Waals surface area (Å²) in [6, 6.07) is 0. The monoisotopic (exact) mass is 216 g/mol. The van der Waals surface area contributed by atoms with Crippen LogP contribution in [0.25, 0.3) is 0 Å². The predicted molar refractivity (Wildman–Crippen MR) is 57.3 cm³/mol. The maximum atomic E-state index is 11.9. The van der Waals surface area contributed by atoms with Crippen molar-refractivity contribution in [1.29, 1.82) is 0 Å². The van der Waals surface area contributed by atoms with E-state index in [4.69, 9.17) is 4.74 Å². The summed E-state index contributed by atoms with van der Waals surface area (Å²) in [6.07, 6.45) is 2.52. The van der Waals surface area contributed by atoms with E-state index in [0.29, 0.717) is 5.41 Å². The van der Waals surface area contributed by atoms with Gasteiger partial charge in [-0.2, -0.15) is 0 Å². The van der Waals surface area contributed by atoms with Crippen molar-refractivity contribution >= 4 is 5.97 Å². The number of carbonyl (C=O) groups is 1. The molecule has 0 aromatic carbocycles. The zero-order valence-electron chi connectivity index (χ0n) is 9.86. The molecule has 84 valence electrons. The second-order valence-electron chi connectivity index (χ2n) is 6.80. The van der Waals surface area contributed by atoms with E-state index in [9.17, 15) is 4.79 Å². The first-order valence-electron chi connectivity index (χ1n) is 6.38. The lowest BCUT2D eigenvalue weighted by atomic mass is 8.92. The van der Waals surface area contributed by atoms with Gasteiger partial charge in [-0.15, -0.1) is 0 Å². The van der Waals surface area contributed by atoms with Crippen molar-refractivity contribution in [1.82, 2.24) is 0 Å². The molecule has 0 atom stereocenters. The molecule has 0 heterocycles. The molecule has 0 aromatic rings. The van der Waals surface area contributed by atoms with E-state index in [1.54, 1.807) is 7.11 Å². The van der Waals surface area contributed by atoms with Crippen molar-refractivity contribution in [3.63, 3.8) is 0 Å². The van der Waals surface area contributed by atoms with E-state index in [2.05, 4.69) is 19.9 Å². The van der Waals surface area contributed by atoms with Crippen molar-refractivity contribution in [2.45, 2.75) is 13.8 Å². The maximum absolute atomic E-state index is 11.9. The van der Waals surface area contributed by atoms with Gasteiger partial charge in [-0.1, -0.05) is 11.6 Å². The molecule has 0 saturated heterocycles. The number of allylic oxidation sites excluding steroid dienone is 2. The van der Waals surface area contributed by atoms with Gasteiger partial charge in [0, 0.05) is 0 Å². The van der Waals surface area contributed by atoms with Gasteiger partial charge in [0.25, 0.3) is 0 Å². The van der Waals surface area contributed by atoms with Crippen LogP contribution in [0.3, 0.4) is 0 Å². The number of hydrogen-bond donors (Lipinski definition) is 0. The first-order valence-corrected chi connectivity index (χ1v) is 6.38. The average Bonchev–Trinajstić information content (AvgIpc) is 2.28. The molecule has 6 aliphatic carbocycles. The van der Waals surface area contributed by atoms with Gasteiger partial charge >= 0.3 is 5.97 Å². The summed E-state index contributed by atoms with van der Waals surface area (Å²) in [6.45, 7) is 4.41. The van der Waals surface area contributed by atoms with Crippen LogP contribution in [0.2, 0.25) is 0 Å². The standard InChI is InChI=1S/C14H16O2/c1-5(2)4-13-6-9-7(13)11-8(13)10(6)14(9,11)12(15)16-3/h4,6-11H,1-3H3. The zero-order valence-corrected chi connectivity index (χ0v) is 9.86. The quantitative estimate of drug-likeness (QED) is 0.520. The van der Waals surface area contributed by atoms with Crippen molar-refractivity contribution in [3.8, 4) is 0 Å². The molecule has 16 heavy (non-hydrogen) atoms. The van der Waals surface area contributed by atoms with Gasteiger partial charge < -0.3 is 4.74 Å². The first-order chi connectivity index (χ1) is 7.63. The molecule has 0 aliphatic heterocycles. The highest BCUT2D eigenvalue weighted by Crippen LogP contribution is 3.10. The summed E-state index contributed by atoms with van der Waals surface area (Å²) in [5.74, 6) is 4.85. The molecule has 0 N–H and O–H groups in total. The van der Waals surface area contributed by atoms with Crippen molar-refractivity contribution in [3.05, 3.63) is 11.6 Å². The molecule has 0 radical (unpaired) electrons. The number of carbonyl (C=O) groups excluding carboxylic acids is 1. The third-order valence-electron chi connectivity index (χ3n) is 6.79. The van der Waals surface area contributed by atoms with Gasteiger partial charge in [0.2, 0.25) is 0 Å². The highest BCUT2D eigenvalue weighted by molar-refractivity contribution is 5.88. The van der Waals surface area contributed by atoms with Crippen LogP contribution in [0.4, 0.5) is 0 Å². The lowest BCUT2D eigenvalue weighted by molar-refractivity contribution is -0.629. The fourth-order valence-corrected chi connectivity index (χ4v) is 6.98. The summed E-state index contributed by atoms with van der Waals surface area (Å²) < 4.78 is 5.02. The minimum absolute atomic E-state index is 0.0476. The Balaban J connectivity index is 1.54. The number of esters is 1. The van der Waals surface area contributed by atoms with Gasteiger partial charge in [0.15, 0.2) is 0 Å². The minimum Gasteiger partial charge on any atom is -0.469 e. The molecule has 6 fully saturated rings. The third kappa shape index (κ3) is 0.378. The Hall–Kier alpha value is -0.790. The summed E-state index contributed by atoms with van der Waals surface area (Å²) >= 11 is 0. The Morgan fingerprint density at radius 2 is 1.56 bits per heavy atom. The van der Waals surface area contributed by atoms with E-state index in [-0.39, 0.29) is 11.4 Å². The number of rotatable bonds is 2. The van der Waals surface area contributed by atoms with Crippen molar-refractivity contribution < 1.29 is 9.53 Å². The van der Waals surface area contributed by atoms with Crippen LogP contribution in [-0.4, -0.2) is 13.1 Å². The number of ether oxygens (including phenoxy) is 1. The van der Waals surface area contributed by atoms with E-state index < -0.39 is 0 Å². The van der Waals surface area contributed by atoms with Gasteiger partial charge in [-0.25, -0.2) is 0 Å². The molecule has 6 rings (SSSR count). The second-order valence-corrected chi connectivity index (χ2v) is 6.80. The lowest BCUT2D eigenvalue weighted by Gasteiger charge is -3.10. The second kappa shape index (κ2) is 1.79. The van der Waals surface area contributed by atoms with Crippen LogP contribution in [0.5, 0.6) is 0 Å². The Morgan fingerprint density at radius 3 is 1.94 bits per heavy atom. The zero-order chi connectivity index (χ0) is 11.0. The molecular weight excluding hydrogens is 200 g/mol. The van der Waals surface area contributed by atoms with Gasteiger partial charge in [-0.3, -0.25) is 4.79 Å². The smallest absolute Gasteiger partial charge is 0.312 e. The van der Waals surface area contributed by atoms with Crippen LogP contribution >= 0.6 is 0 Å². The van der Waals surface area contributed by atoms with E-state index in [1.807, 2.05) is 0 Å². The molecule has 2 heteroatoms. The molecule has 0 unspecified atom stereocenters. The Morgan fingerprint density at radius 1 is 1.06 bits per heavy atom. The Labute approximate surface area is 95.0 Å². The first kappa shape index (κ1) is 8.32. The van der Waals surface area contributed by atoms with Gasteiger partial charge in [0.05, 0.1) is 12.5 Å². The third-order valence-corrected chi connectivity index (χ3v) is 6.79. The average molecular weight is 216 g/mol. The van der Waals surface area contributed by atoms with E-state index in [0.717, 1.165) is 35.5 Å². The highest BCUT2D eigenvalue weighted by atomic mass is 16.5. The fourth-order valence-electron chi connectivity index (χ4n) is 6.98. The summed E-state index contributed by atoms with van der Waals surface area (Å²) in [5.41, 5.74) is 2.09. The minimum atomic E-state index is 0.0476. The Kier molecular flexibility index (Phi) is 0.932. The van der Waals surface area contributed by atoms with Crippen LogP contribution in [0.1, 0.15) is 13.8 Å². The molecule has 6 saturated carbocycles. The number of methoxy groups -OCH3 is 1. The largest absolute Gasteiger partial charge is 0.469 e. The summed E-state index contributed by atoms with van der Waals surface area (Å²) in [7, 11) is 1.55. The predicted octanol–water partition coefficient (Wildman–Crippen LogP) is 1.86. The normalized spacial score (nSPS) is 68.4. The van der Waals surface area contributed by atoms with Gasteiger partial charge in [-0.05, 0) is 54.8 Å². The molecule has 0 aromatic heterocycles. The highest BCUT2D eigenvalue weighted by Gasteiger charge is 3.11. The van der Waals surface area contributed by atoms with Crippen LogP contribution in [-0.2, 0) is 9.53 Å². The summed E-state index contributed by atoms with van der Waals surface area (Å²) in [5, 5.41) is 0. The lowest BCUT2D eigenvalue weighted by Crippen LogP contribution is -3.10. The SMILES string of the molecule is COC(=O)C12C3C4C1C1C2C3C41C=C(C)C. The maximum Gasteiger partial charge on any atom is 0.312 e. The molecule has 2 nitrogen and oxygen atoms in total. The molecule has 0 bridgehead atoms. The molecule has 0 spiro atoms. The van der Waals surface area contributed by atoms with E-state index >= 15 is 0 Å². The fraction of sp³-hybridized carbons (Fsp3) is 0.786. The number of hydrogen-bond acceptors (Lipinski definition) is 2. The molecule has 0 amide bonds. The van der Waals surface area contributed by atoms with Crippen LogP contribution < -0.4 is 0 Å². The molecule has 6 aliphatic rings. The van der Waals surface area contributed by atoms with Crippen LogP contribution in [0, 0.1) is 46.3 Å². The Bertz CT molecular complexity index is 429. The van der Waals surface area contributed by atoms with Crippen molar-refractivity contribution in [2.24, 2.45) is 46.3 Å². The summed E-state index contributed by atoms with van der Waals surface area (Å²) in [4.78, 5) is 11.9. The van der Waals surface area contributed by atoms with Gasteiger partial charge in [0.1, 0.15) is 0 Å².